The third kappa shape index (κ3) is 2.30. The van der Waals surface area contributed by atoms with Gasteiger partial charge in [-0.2, -0.15) is 0 Å². The van der Waals surface area contributed by atoms with Gasteiger partial charge in [0.2, 0.25) is 5.95 Å². The summed E-state index contributed by atoms with van der Waals surface area (Å²) >= 11 is 0. The smallest absolute Gasteiger partial charge is 0.277 e. The summed E-state index contributed by atoms with van der Waals surface area (Å²) in [7, 11) is 0. The van der Waals surface area contributed by atoms with Crippen molar-refractivity contribution < 1.29 is 9.18 Å². The van der Waals surface area contributed by atoms with E-state index >= 15 is 0 Å². The number of aromatic nitrogens is 2. The van der Waals surface area contributed by atoms with Crippen LogP contribution in [0.15, 0.2) is 24.3 Å². The lowest BCUT2D eigenvalue weighted by Crippen LogP contribution is -2.23. The molecular weight excluding hydrogens is 283 g/mol. The van der Waals surface area contributed by atoms with Crippen molar-refractivity contribution in [3.8, 4) is 0 Å². The lowest BCUT2D eigenvalue weighted by Gasteiger charge is -2.21. The van der Waals surface area contributed by atoms with Crippen LogP contribution in [0.2, 0.25) is 0 Å². The summed E-state index contributed by atoms with van der Waals surface area (Å²) in [6.07, 6.45) is 0. The van der Waals surface area contributed by atoms with Crippen LogP contribution in [-0.4, -0.2) is 15.9 Å². The number of rotatable bonds is 1. The highest BCUT2D eigenvalue weighted by molar-refractivity contribution is 6.09. The van der Waals surface area contributed by atoms with Crippen LogP contribution in [0.5, 0.6) is 0 Å². The number of hydrogen-bond donors (Lipinski definition) is 1. The fraction of sp³-hybridized carbons (Fsp3) is 0.312. The molecule has 0 spiro atoms. The van der Waals surface area contributed by atoms with Gasteiger partial charge < -0.3 is 10.6 Å². The Labute approximate surface area is 128 Å². The van der Waals surface area contributed by atoms with Crippen LogP contribution in [0.1, 0.15) is 42.5 Å². The molecule has 3 rings (SSSR count). The van der Waals surface area contributed by atoms with Gasteiger partial charge in [0, 0.05) is 16.7 Å². The molecule has 0 aliphatic carbocycles. The lowest BCUT2D eigenvalue weighted by atomic mass is 9.88. The molecule has 0 fully saturated rings. The van der Waals surface area contributed by atoms with E-state index in [9.17, 15) is 9.18 Å². The molecule has 1 aliphatic rings. The van der Waals surface area contributed by atoms with E-state index in [1.54, 1.807) is 17.0 Å². The van der Waals surface area contributed by atoms with Crippen molar-refractivity contribution >= 4 is 17.5 Å². The Balaban J connectivity index is 2.09. The van der Waals surface area contributed by atoms with Crippen molar-refractivity contribution in [2.75, 3.05) is 10.6 Å². The SMILES string of the molecule is CC(C)(C)c1nc(N)nc2c1CN(c1ccc(F)cc1)C2=O. The summed E-state index contributed by atoms with van der Waals surface area (Å²) in [5.41, 5.74) is 8.02. The molecule has 114 valence electrons. The summed E-state index contributed by atoms with van der Waals surface area (Å²) in [5, 5.41) is 0. The monoisotopic (exact) mass is 300 g/mol. The van der Waals surface area contributed by atoms with E-state index in [0.29, 0.717) is 17.9 Å². The average molecular weight is 300 g/mol. The molecule has 0 saturated heterocycles. The van der Waals surface area contributed by atoms with E-state index in [-0.39, 0.29) is 23.1 Å². The molecule has 1 amide bonds. The van der Waals surface area contributed by atoms with Crippen molar-refractivity contribution in [1.82, 2.24) is 9.97 Å². The van der Waals surface area contributed by atoms with E-state index in [0.717, 1.165) is 11.3 Å². The molecule has 0 unspecified atom stereocenters. The van der Waals surface area contributed by atoms with Gasteiger partial charge >= 0.3 is 0 Å². The number of halogens is 1. The van der Waals surface area contributed by atoms with Crippen molar-refractivity contribution in [2.45, 2.75) is 32.7 Å². The summed E-state index contributed by atoms with van der Waals surface area (Å²) < 4.78 is 13.1. The summed E-state index contributed by atoms with van der Waals surface area (Å²) in [5.74, 6) is -0.480. The van der Waals surface area contributed by atoms with Crippen LogP contribution in [0, 0.1) is 5.82 Å². The molecular formula is C16H17FN4O. The Morgan fingerprint density at radius 3 is 2.41 bits per heavy atom. The van der Waals surface area contributed by atoms with Gasteiger partial charge in [-0.1, -0.05) is 20.8 Å². The number of carbonyl (C=O) groups excluding carboxylic acids is 1. The second kappa shape index (κ2) is 4.76. The number of anilines is 2. The Morgan fingerprint density at radius 2 is 1.82 bits per heavy atom. The predicted octanol–water partition coefficient (Wildman–Crippen LogP) is 2.66. The number of nitrogens with two attached hydrogens (primary N) is 1. The van der Waals surface area contributed by atoms with Gasteiger partial charge in [-0.05, 0) is 24.3 Å². The number of carbonyl (C=O) groups is 1. The molecule has 2 heterocycles. The number of amides is 1. The first kappa shape index (κ1) is 14.4. The quantitative estimate of drug-likeness (QED) is 0.879. The molecule has 1 aliphatic heterocycles. The Morgan fingerprint density at radius 1 is 1.18 bits per heavy atom. The highest BCUT2D eigenvalue weighted by Crippen LogP contribution is 2.34. The Bertz CT molecular complexity index is 750. The van der Waals surface area contributed by atoms with Crippen molar-refractivity contribution in [3.05, 3.63) is 47.0 Å². The second-order valence-electron chi connectivity index (χ2n) is 6.38. The van der Waals surface area contributed by atoms with Gasteiger partial charge in [-0.25, -0.2) is 14.4 Å². The van der Waals surface area contributed by atoms with Crippen molar-refractivity contribution in [3.63, 3.8) is 0 Å². The fourth-order valence-electron chi connectivity index (χ4n) is 2.64. The summed E-state index contributed by atoms with van der Waals surface area (Å²) in [4.78, 5) is 22.6. The minimum absolute atomic E-state index is 0.0954. The topological polar surface area (TPSA) is 72.1 Å². The van der Waals surface area contributed by atoms with Gasteiger partial charge in [0.05, 0.1) is 12.2 Å². The van der Waals surface area contributed by atoms with Crippen LogP contribution in [-0.2, 0) is 12.0 Å². The molecule has 22 heavy (non-hydrogen) atoms. The molecule has 0 atom stereocenters. The number of nitrogen functional groups attached to an aromatic ring is 1. The normalized spacial score (nSPS) is 14.4. The maximum atomic E-state index is 13.1. The first-order valence-electron chi connectivity index (χ1n) is 7.01. The maximum absolute atomic E-state index is 13.1. The van der Waals surface area contributed by atoms with Crippen molar-refractivity contribution in [1.29, 1.82) is 0 Å². The minimum atomic E-state index is -0.340. The first-order valence-corrected chi connectivity index (χ1v) is 7.01. The van der Waals surface area contributed by atoms with Gasteiger partial charge in [0.15, 0.2) is 0 Å². The van der Waals surface area contributed by atoms with Gasteiger partial charge in [-0.3, -0.25) is 4.79 Å². The number of nitrogens with zero attached hydrogens (tertiary/aromatic N) is 3. The molecule has 0 radical (unpaired) electrons. The minimum Gasteiger partial charge on any atom is -0.368 e. The van der Waals surface area contributed by atoms with Gasteiger partial charge in [0.1, 0.15) is 11.5 Å². The second-order valence-corrected chi connectivity index (χ2v) is 6.38. The molecule has 5 nitrogen and oxygen atoms in total. The largest absolute Gasteiger partial charge is 0.368 e. The van der Waals surface area contributed by atoms with Crippen LogP contribution >= 0.6 is 0 Å². The van der Waals surface area contributed by atoms with Gasteiger partial charge in [-0.15, -0.1) is 0 Å². The molecule has 2 N–H and O–H groups in total. The standard InChI is InChI=1S/C16H17FN4O/c1-16(2,3)13-11-8-21(10-6-4-9(17)5-7-10)14(22)12(11)19-15(18)20-13/h4-7H,8H2,1-3H3,(H2,18,19,20). The highest BCUT2D eigenvalue weighted by atomic mass is 19.1. The lowest BCUT2D eigenvalue weighted by molar-refractivity contribution is 0.0992. The zero-order chi connectivity index (χ0) is 16.1. The van der Waals surface area contributed by atoms with E-state index in [1.165, 1.54) is 12.1 Å². The zero-order valence-electron chi connectivity index (χ0n) is 12.7. The van der Waals surface area contributed by atoms with E-state index in [2.05, 4.69) is 9.97 Å². The first-order chi connectivity index (χ1) is 10.3. The van der Waals surface area contributed by atoms with Gasteiger partial charge in [0.25, 0.3) is 5.91 Å². The number of benzene rings is 1. The molecule has 6 heteroatoms. The van der Waals surface area contributed by atoms with Crippen LogP contribution < -0.4 is 10.6 Å². The van der Waals surface area contributed by atoms with E-state index in [4.69, 9.17) is 5.73 Å². The average Bonchev–Trinajstić information content (AvgIpc) is 2.75. The molecule has 1 aromatic carbocycles. The summed E-state index contributed by atoms with van der Waals surface area (Å²) in [6, 6.07) is 5.81. The number of hydrogen-bond acceptors (Lipinski definition) is 4. The third-order valence-electron chi connectivity index (χ3n) is 3.64. The Hall–Kier alpha value is -2.50. The van der Waals surface area contributed by atoms with E-state index < -0.39 is 0 Å². The third-order valence-corrected chi connectivity index (χ3v) is 3.64. The van der Waals surface area contributed by atoms with Crippen LogP contribution in [0.3, 0.4) is 0 Å². The van der Waals surface area contributed by atoms with E-state index in [1.807, 2.05) is 20.8 Å². The number of fused-ring (bicyclic) bond motifs is 1. The predicted molar refractivity (Wildman–Crippen MR) is 82.1 cm³/mol. The summed E-state index contributed by atoms with van der Waals surface area (Å²) in [6.45, 7) is 6.41. The fourth-order valence-corrected chi connectivity index (χ4v) is 2.64. The molecule has 2 aromatic rings. The zero-order valence-corrected chi connectivity index (χ0v) is 12.7. The molecule has 1 aromatic heterocycles. The Kier molecular flexibility index (Phi) is 3.12. The van der Waals surface area contributed by atoms with Crippen LogP contribution in [0.25, 0.3) is 0 Å². The van der Waals surface area contributed by atoms with Crippen LogP contribution in [0.4, 0.5) is 16.0 Å². The maximum Gasteiger partial charge on any atom is 0.277 e. The van der Waals surface area contributed by atoms with Crippen molar-refractivity contribution in [2.24, 2.45) is 0 Å². The molecule has 0 saturated carbocycles. The highest BCUT2D eigenvalue weighted by Gasteiger charge is 2.36. The molecule has 0 bridgehead atoms.